The summed E-state index contributed by atoms with van der Waals surface area (Å²) in [7, 11) is 1.55. The highest BCUT2D eigenvalue weighted by atomic mass is 16.5. The van der Waals surface area contributed by atoms with Crippen LogP contribution in [0, 0.1) is 0 Å². The molecule has 1 aromatic rings. The number of carbonyl (C=O) groups is 2. The number of benzene rings is 1. The molecule has 92 valence electrons. The number of carboxylic acids is 1. The Balaban J connectivity index is 2.58. The van der Waals surface area contributed by atoms with E-state index >= 15 is 0 Å². The molecule has 0 unspecified atom stereocenters. The van der Waals surface area contributed by atoms with Crippen LogP contribution >= 0.6 is 0 Å². The normalized spacial score (nSPS) is 11.6. The van der Waals surface area contributed by atoms with Crippen molar-refractivity contribution in [1.29, 1.82) is 0 Å². The summed E-state index contributed by atoms with van der Waals surface area (Å²) < 4.78 is 5.03. The third-order valence-electron chi connectivity index (χ3n) is 2.25. The standard InChI is InChI=1S/C12H15NO4/c1-8(12(15)16)13-11(14)7-9-4-3-5-10(6-9)17-2/h3-6,8H,7H2,1-2H3,(H,13,14)(H,15,16)/t8-/m1/s1. The molecule has 0 aliphatic carbocycles. The Morgan fingerprint density at radius 1 is 1.47 bits per heavy atom. The fourth-order valence-electron chi connectivity index (χ4n) is 1.32. The van der Waals surface area contributed by atoms with Gasteiger partial charge < -0.3 is 15.2 Å². The first-order valence-corrected chi connectivity index (χ1v) is 5.18. The maximum atomic E-state index is 11.5. The van der Waals surface area contributed by atoms with Crippen LogP contribution in [0.5, 0.6) is 5.75 Å². The van der Waals surface area contributed by atoms with Gasteiger partial charge in [-0.25, -0.2) is 0 Å². The summed E-state index contributed by atoms with van der Waals surface area (Å²) in [5, 5.41) is 11.0. The highest BCUT2D eigenvalue weighted by Gasteiger charge is 2.14. The zero-order valence-electron chi connectivity index (χ0n) is 9.77. The Morgan fingerprint density at radius 3 is 2.76 bits per heavy atom. The molecule has 17 heavy (non-hydrogen) atoms. The summed E-state index contributed by atoms with van der Waals surface area (Å²) >= 11 is 0. The summed E-state index contributed by atoms with van der Waals surface area (Å²) in [6.45, 7) is 1.42. The summed E-state index contributed by atoms with van der Waals surface area (Å²) in [4.78, 5) is 22.1. The average molecular weight is 237 g/mol. The minimum atomic E-state index is -1.05. The monoisotopic (exact) mass is 237 g/mol. The lowest BCUT2D eigenvalue weighted by Crippen LogP contribution is -2.39. The van der Waals surface area contributed by atoms with Crippen molar-refractivity contribution in [2.75, 3.05) is 7.11 Å². The van der Waals surface area contributed by atoms with E-state index in [0.717, 1.165) is 5.56 Å². The fraction of sp³-hybridized carbons (Fsp3) is 0.333. The molecule has 0 radical (unpaired) electrons. The van der Waals surface area contributed by atoms with Crippen LogP contribution in [0.4, 0.5) is 0 Å². The summed E-state index contributed by atoms with van der Waals surface area (Å²) in [6, 6.07) is 6.20. The molecular formula is C12H15NO4. The molecule has 0 heterocycles. The molecule has 0 bridgehead atoms. The van der Waals surface area contributed by atoms with Gasteiger partial charge in [-0.05, 0) is 24.6 Å². The van der Waals surface area contributed by atoms with E-state index in [9.17, 15) is 9.59 Å². The molecule has 0 spiro atoms. The number of rotatable bonds is 5. The van der Waals surface area contributed by atoms with Gasteiger partial charge >= 0.3 is 5.97 Å². The van der Waals surface area contributed by atoms with E-state index in [2.05, 4.69) is 5.32 Å². The van der Waals surface area contributed by atoms with Gasteiger partial charge in [0.05, 0.1) is 13.5 Å². The van der Waals surface area contributed by atoms with E-state index < -0.39 is 12.0 Å². The van der Waals surface area contributed by atoms with Crippen molar-refractivity contribution in [3.05, 3.63) is 29.8 Å². The average Bonchev–Trinajstić information content (AvgIpc) is 2.28. The number of methoxy groups -OCH3 is 1. The van der Waals surface area contributed by atoms with Gasteiger partial charge in [-0.1, -0.05) is 12.1 Å². The summed E-state index contributed by atoms with van der Waals surface area (Å²) in [6.07, 6.45) is 0.134. The van der Waals surface area contributed by atoms with Gasteiger partial charge in [0.1, 0.15) is 11.8 Å². The van der Waals surface area contributed by atoms with Crippen LogP contribution in [0.1, 0.15) is 12.5 Å². The smallest absolute Gasteiger partial charge is 0.325 e. The van der Waals surface area contributed by atoms with Gasteiger partial charge in [0.15, 0.2) is 0 Å². The number of ether oxygens (including phenoxy) is 1. The van der Waals surface area contributed by atoms with Gasteiger partial charge in [0.2, 0.25) is 5.91 Å². The molecule has 0 fully saturated rings. The molecule has 1 rings (SSSR count). The number of nitrogens with one attached hydrogen (secondary N) is 1. The third-order valence-corrected chi connectivity index (χ3v) is 2.25. The van der Waals surface area contributed by atoms with E-state index in [1.54, 1.807) is 31.4 Å². The highest BCUT2D eigenvalue weighted by molar-refractivity contribution is 5.84. The Morgan fingerprint density at radius 2 is 2.18 bits per heavy atom. The van der Waals surface area contributed by atoms with Crippen molar-refractivity contribution in [1.82, 2.24) is 5.32 Å². The Bertz CT molecular complexity index is 417. The van der Waals surface area contributed by atoms with Gasteiger partial charge in [-0.2, -0.15) is 0 Å². The highest BCUT2D eigenvalue weighted by Crippen LogP contribution is 2.12. The minimum Gasteiger partial charge on any atom is -0.497 e. The van der Waals surface area contributed by atoms with E-state index in [1.165, 1.54) is 6.92 Å². The van der Waals surface area contributed by atoms with Gasteiger partial charge in [-0.15, -0.1) is 0 Å². The summed E-state index contributed by atoms with van der Waals surface area (Å²) in [5.41, 5.74) is 0.777. The molecular weight excluding hydrogens is 222 g/mol. The van der Waals surface area contributed by atoms with Crippen LogP contribution in [0.25, 0.3) is 0 Å². The fourth-order valence-corrected chi connectivity index (χ4v) is 1.32. The van der Waals surface area contributed by atoms with Crippen LogP contribution < -0.4 is 10.1 Å². The topological polar surface area (TPSA) is 75.6 Å². The van der Waals surface area contributed by atoms with Crippen LogP contribution in [-0.4, -0.2) is 30.1 Å². The molecule has 1 atom stereocenters. The first-order chi connectivity index (χ1) is 8.02. The Kier molecular flexibility index (Phi) is 4.51. The number of carbonyl (C=O) groups excluding carboxylic acids is 1. The largest absolute Gasteiger partial charge is 0.497 e. The van der Waals surface area contributed by atoms with Crippen LogP contribution in [0.15, 0.2) is 24.3 Å². The van der Waals surface area contributed by atoms with Gasteiger partial charge in [-0.3, -0.25) is 9.59 Å². The van der Waals surface area contributed by atoms with Gasteiger partial charge in [0, 0.05) is 0 Å². The maximum Gasteiger partial charge on any atom is 0.325 e. The number of aliphatic carboxylic acids is 1. The molecule has 0 aromatic heterocycles. The van der Waals surface area contributed by atoms with Crippen LogP contribution in [0.2, 0.25) is 0 Å². The van der Waals surface area contributed by atoms with E-state index in [4.69, 9.17) is 9.84 Å². The molecule has 0 aliphatic heterocycles. The molecule has 1 amide bonds. The van der Waals surface area contributed by atoms with Crippen molar-refractivity contribution < 1.29 is 19.4 Å². The van der Waals surface area contributed by atoms with Crippen molar-refractivity contribution in [3.8, 4) is 5.75 Å². The number of amides is 1. The molecule has 0 saturated heterocycles. The van der Waals surface area contributed by atoms with E-state index in [-0.39, 0.29) is 12.3 Å². The first-order valence-electron chi connectivity index (χ1n) is 5.18. The second-order valence-electron chi connectivity index (χ2n) is 3.66. The van der Waals surface area contributed by atoms with Crippen molar-refractivity contribution in [3.63, 3.8) is 0 Å². The van der Waals surface area contributed by atoms with Crippen molar-refractivity contribution >= 4 is 11.9 Å². The zero-order valence-corrected chi connectivity index (χ0v) is 9.77. The third kappa shape index (κ3) is 4.14. The molecule has 5 heteroatoms. The SMILES string of the molecule is COc1cccc(CC(=O)N[C@H](C)C(=O)O)c1. The number of carboxylic acid groups (broad SMARTS) is 1. The zero-order chi connectivity index (χ0) is 12.8. The molecule has 5 nitrogen and oxygen atoms in total. The predicted octanol–water partition coefficient (Wildman–Crippen LogP) is 0.827. The molecule has 1 aromatic carbocycles. The van der Waals surface area contributed by atoms with Crippen LogP contribution in [0.3, 0.4) is 0 Å². The van der Waals surface area contributed by atoms with Crippen molar-refractivity contribution in [2.45, 2.75) is 19.4 Å². The van der Waals surface area contributed by atoms with Crippen molar-refractivity contribution in [2.24, 2.45) is 0 Å². The lowest BCUT2D eigenvalue weighted by molar-refractivity contribution is -0.141. The minimum absolute atomic E-state index is 0.134. The molecule has 0 aliphatic rings. The van der Waals surface area contributed by atoms with E-state index in [1.807, 2.05) is 0 Å². The molecule has 2 N–H and O–H groups in total. The lowest BCUT2D eigenvalue weighted by Gasteiger charge is -2.09. The first kappa shape index (κ1) is 13.0. The Hall–Kier alpha value is -2.04. The number of hydrogen-bond donors (Lipinski definition) is 2. The van der Waals surface area contributed by atoms with Gasteiger partial charge in [0.25, 0.3) is 0 Å². The quantitative estimate of drug-likeness (QED) is 0.795. The Labute approximate surface area is 99.4 Å². The summed E-state index contributed by atoms with van der Waals surface area (Å²) in [5.74, 6) is -0.710. The molecule has 0 saturated carbocycles. The number of hydrogen-bond acceptors (Lipinski definition) is 3. The second kappa shape index (κ2) is 5.89. The lowest BCUT2D eigenvalue weighted by atomic mass is 10.1. The second-order valence-corrected chi connectivity index (χ2v) is 3.66. The van der Waals surface area contributed by atoms with E-state index in [0.29, 0.717) is 5.75 Å². The van der Waals surface area contributed by atoms with Crippen LogP contribution in [-0.2, 0) is 16.0 Å². The maximum absolute atomic E-state index is 11.5. The predicted molar refractivity (Wildman–Crippen MR) is 61.9 cm³/mol.